The van der Waals surface area contributed by atoms with E-state index in [-0.39, 0.29) is 11.9 Å². The Bertz CT molecular complexity index is 1270. The van der Waals surface area contributed by atoms with Gasteiger partial charge in [0.15, 0.2) is 5.13 Å². The van der Waals surface area contributed by atoms with Crippen LogP contribution in [0.25, 0.3) is 10.2 Å². The first-order valence-corrected chi connectivity index (χ1v) is 12.4. The van der Waals surface area contributed by atoms with Crippen LogP contribution in [0.5, 0.6) is 0 Å². The number of rotatable bonds is 7. The Kier molecular flexibility index (Phi) is 7.49. The van der Waals surface area contributed by atoms with E-state index in [4.69, 9.17) is 11.6 Å². The number of anilines is 2. The summed E-state index contributed by atoms with van der Waals surface area (Å²) in [4.78, 5) is 30.5. The summed E-state index contributed by atoms with van der Waals surface area (Å²) in [5.41, 5.74) is 2.67. The van der Waals surface area contributed by atoms with Crippen molar-refractivity contribution in [3.05, 3.63) is 82.9 Å². The molecule has 33 heavy (non-hydrogen) atoms. The molecule has 0 aliphatic carbocycles. The number of aromatic nitrogens is 1. The molecule has 0 aliphatic heterocycles. The van der Waals surface area contributed by atoms with E-state index in [0.717, 1.165) is 20.9 Å². The molecule has 0 unspecified atom stereocenters. The predicted octanol–water partition coefficient (Wildman–Crippen LogP) is 6.42. The topological polar surface area (TPSA) is 83.1 Å². The monoisotopic (exact) mass is 496 g/mol. The molecule has 3 amide bonds. The number of amides is 3. The quantitative estimate of drug-likeness (QED) is 0.203. The van der Waals surface area contributed by atoms with Crippen LogP contribution in [-0.4, -0.2) is 29.2 Å². The zero-order chi connectivity index (χ0) is 23.2. The molecule has 0 bridgehead atoms. The first-order chi connectivity index (χ1) is 16.0. The first kappa shape index (κ1) is 23.1. The maximum absolute atomic E-state index is 12.7. The minimum atomic E-state index is -0.310. The van der Waals surface area contributed by atoms with Gasteiger partial charge in [0.2, 0.25) is 0 Å². The zero-order valence-electron chi connectivity index (χ0n) is 17.7. The summed E-state index contributed by atoms with van der Waals surface area (Å²) < 4.78 is 0.800. The van der Waals surface area contributed by atoms with Crippen molar-refractivity contribution in [3.63, 3.8) is 0 Å². The van der Waals surface area contributed by atoms with Gasteiger partial charge < -0.3 is 10.6 Å². The Balaban J connectivity index is 1.34. The lowest BCUT2D eigenvalue weighted by atomic mass is 10.1. The van der Waals surface area contributed by atoms with Crippen LogP contribution < -0.4 is 16.0 Å². The third kappa shape index (κ3) is 6.04. The van der Waals surface area contributed by atoms with Gasteiger partial charge >= 0.3 is 6.03 Å². The maximum Gasteiger partial charge on any atom is 0.321 e. The van der Waals surface area contributed by atoms with Crippen molar-refractivity contribution in [1.82, 2.24) is 10.3 Å². The predicted molar refractivity (Wildman–Crippen MR) is 138 cm³/mol. The minimum absolute atomic E-state index is 0.260. The van der Waals surface area contributed by atoms with E-state index < -0.39 is 0 Å². The normalized spacial score (nSPS) is 10.7. The second-order valence-electron chi connectivity index (χ2n) is 7.13. The summed E-state index contributed by atoms with van der Waals surface area (Å²) in [6.45, 7) is 2.42. The van der Waals surface area contributed by atoms with E-state index in [0.29, 0.717) is 33.5 Å². The van der Waals surface area contributed by atoms with Gasteiger partial charge in [0.25, 0.3) is 5.91 Å². The lowest BCUT2D eigenvalue weighted by molar-refractivity contribution is 0.102. The summed E-state index contributed by atoms with van der Waals surface area (Å²) in [7, 11) is 0. The smallest absolute Gasteiger partial charge is 0.321 e. The molecule has 3 N–H and O–H groups in total. The number of thioether (sulfide) groups is 1. The second kappa shape index (κ2) is 10.7. The van der Waals surface area contributed by atoms with E-state index in [1.54, 1.807) is 36.0 Å². The van der Waals surface area contributed by atoms with E-state index in [9.17, 15) is 9.59 Å². The van der Waals surface area contributed by atoms with Crippen LogP contribution in [0, 0.1) is 6.92 Å². The van der Waals surface area contributed by atoms with Crippen LogP contribution >= 0.6 is 34.7 Å². The number of nitrogens with one attached hydrogen (secondary N) is 3. The van der Waals surface area contributed by atoms with E-state index >= 15 is 0 Å². The number of nitrogens with zero attached hydrogens (tertiary/aromatic N) is 1. The molecule has 168 valence electrons. The fourth-order valence-corrected chi connectivity index (χ4v) is 5.05. The van der Waals surface area contributed by atoms with Crippen LogP contribution in [0.4, 0.5) is 15.6 Å². The summed E-state index contributed by atoms with van der Waals surface area (Å²) in [6, 6.07) is 20.4. The van der Waals surface area contributed by atoms with Gasteiger partial charge in [0, 0.05) is 22.8 Å². The third-order valence-electron chi connectivity index (χ3n) is 4.73. The summed E-state index contributed by atoms with van der Waals surface area (Å²) >= 11 is 9.20. The molecule has 0 saturated heterocycles. The second-order valence-corrected chi connectivity index (χ2v) is 9.74. The van der Waals surface area contributed by atoms with Crippen molar-refractivity contribution in [2.45, 2.75) is 11.8 Å². The Morgan fingerprint density at radius 3 is 2.64 bits per heavy atom. The number of urea groups is 1. The molecule has 3 aromatic carbocycles. The Morgan fingerprint density at radius 2 is 1.85 bits per heavy atom. The van der Waals surface area contributed by atoms with Gasteiger partial charge in [-0.15, -0.1) is 11.8 Å². The van der Waals surface area contributed by atoms with E-state index in [2.05, 4.69) is 20.9 Å². The van der Waals surface area contributed by atoms with Gasteiger partial charge in [0.05, 0.1) is 20.9 Å². The zero-order valence-corrected chi connectivity index (χ0v) is 20.1. The Morgan fingerprint density at radius 1 is 1.03 bits per heavy atom. The summed E-state index contributed by atoms with van der Waals surface area (Å²) in [5.74, 6) is 0.505. The molecule has 6 nitrogen and oxygen atoms in total. The Hall–Kier alpha value is -3.07. The van der Waals surface area contributed by atoms with Crippen molar-refractivity contribution < 1.29 is 9.59 Å². The van der Waals surface area contributed by atoms with Gasteiger partial charge in [-0.2, -0.15) is 0 Å². The molecule has 1 heterocycles. The van der Waals surface area contributed by atoms with Gasteiger partial charge in [-0.1, -0.05) is 53.3 Å². The highest BCUT2D eigenvalue weighted by atomic mass is 35.5. The lowest BCUT2D eigenvalue weighted by Gasteiger charge is -2.10. The van der Waals surface area contributed by atoms with Gasteiger partial charge in [-0.05, 0) is 48.9 Å². The largest absolute Gasteiger partial charge is 0.337 e. The number of carbonyl (C=O) groups is 2. The van der Waals surface area contributed by atoms with Crippen LogP contribution in [0.15, 0.2) is 71.6 Å². The molecule has 0 atom stereocenters. The molecule has 0 aliphatic rings. The number of halogens is 1. The molecule has 4 rings (SSSR count). The molecule has 0 saturated carbocycles. The number of hydrogen-bond acceptors (Lipinski definition) is 5. The van der Waals surface area contributed by atoms with Crippen molar-refractivity contribution in [3.8, 4) is 0 Å². The highest BCUT2D eigenvalue weighted by Gasteiger charge is 2.13. The van der Waals surface area contributed by atoms with Gasteiger partial charge in [-0.3, -0.25) is 10.1 Å². The van der Waals surface area contributed by atoms with Crippen LogP contribution in [-0.2, 0) is 0 Å². The van der Waals surface area contributed by atoms with Gasteiger partial charge in [0.1, 0.15) is 0 Å². The SMILES string of the molecule is Cc1cccc(Cl)c1NC(=O)c1ccc2nc(NC(=O)NCCSc3ccccc3)sc2c1. The van der Waals surface area contributed by atoms with Crippen LogP contribution in [0.2, 0.25) is 5.02 Å². The molecular formula is C24H21ClN4O2S2. The average molecular weight is 497 g/mol. The third-order valence-corrected chi connectivity index (χ3v) is 6.99. The first-order valence-electron chi connectivity index (χ1n) is 10.2. The number of aryl methyl sites for hydroxylation is 1. The number of benzene rings is 3. The molecule has 0 radical (unpaired) electrons. The lowest BCUT2D eigenvalue weighted by Crippen LogP contribution is -2.30. The number of fused-ring (bicyclic) bond motifs is 1. The summed E-state index contributed by atoms with van der Waals surface area (Å²) in [5, 5.41) is 9.42. The number of thiazole rings is 1. The van der Waals surface area contributed by atoms with E-state index in [1.165, 1.54) is 11.3 Å². The number of hydrogen-bond donors (Lipinski definition) is 3. The number of para-hydroxylation sites is 1. The van der Waals surface area contributed by atoms with Crippen molar-refractivity contribution in [2.24, 2.45) is 0 Å². The molecular weight excluding hydrogens is 476 g/mol. The highest BCUT2D eigenvalue weighted by Crippen LogP contribution is 2.29. The minimum Gasteiger partial charge on any atom is -0.337 e. The highest BCUT2D eigenvalue weighted by molar-refractivity contribution is 7.99. The maximum atomic E-state index is 12.7. The van der Waals surface area contributed by atoms with Crippen LogP contribution in [0.3, 0.4) is 0 Å². The Labute approximate surface area is 204 Å². The fraction of sp³-hybridized carbons (Fsp3) is 0.125. The molecule has 0 spiro atoms. The molecule has 4 aromatic rings. The number of carbonyl (C=O) groups excluding carboxylic acids is 2. The summed E-state index contributed by atoms with van der Waals surface area (Å²) in [6.07, 6.45) is 0. The molecule has 0 fully saturated rings. The average Bonchev–Trinajstić information content (AvgIpc) is 3.21. The van der Waals surface area contributed by atoms with Gasteiger partial charge in [-0.25, -0.2) is 9.78 Å². The molecule has 9 heteroatoms. The van der Waals surface area contributed by atoms with E-state index in [1.807, 2.05) is 49.4 Å². The standard InChI is InChI=1S/C24H21ClN4O2S2/c1-15-6-5-9-18(25)21(15)28-22(30)16-10-11-19-20(14-16)33-24(27-19)29-23(31)26-12-13-32-17-7-3-2-4-8-17/h2-11,14H,12-13H2,1H3,(H,28,30)(H2,26,27,29,31). The van der Waals surface area contributed by atoms with Crippen molar-refractivity contribution >= 4 is 67.7 Å². The fourth-order valence-electron chi connectivity index (χ4n) is 3.09. The van der Waals surface area contributed by atoms with Crippen molar-refractivity contribution in [2.75, 3.05) is 22.9 Å². The van der Waals surface area contributed by atoms with Crippen molar-refractivity contribution in [1.29, 1.82) is 0 Å². The molecule has 1 aromatic heterocycles. The van der Waals surface area contributed by atoms with Crippen LogP contribution in [0.1, 0.15) is 15.9 Å².